The maximum absolute atomic E-state index is 13.5. The molecule has 0 bridgehead atoms. The molecule has 4 rings (SSSR count). The lowest BCUT2D eigenvalue weighted by atomic mass is 9.98. The van der Waals surface area contributed by atoms with Gasteiger partial charge in [0.2, 0.25) is 5.91 Å². The molecule has 258 valence electrons. The van der Waals surface area contributed by atoms with Crippen LogP contribution in [-0.4, -0.2) is 40.5 Å². The van der Waals surface area contributed by atoms with Crippen molar-refractivity contribution in [2.24, 2.45) is 11.8 Å². The molecule has 1 heterocycles. The molecule has 2 atom stereocenters. The van der Waals surface area contributed by atoms with E-state index in [-0.39, 0.29) is 35.2 Å². The number of carbonyl (C=O) groups is 4. The number of hydrogen-bond acceptors (Lipinski definition) is 5. The normalized spacial score (nSPS) is 18.4. The van der Waals surface area contributed by atoms with E-state index in [2.05, 4.69) is 10.6 Å². The lowest BCUT2D eigenvalue weighted by Crippen LogP contribution is -2.60. The summed E-state index contributed by atoms with van der Waals surface area (Å²) < 4.78 is 0. The highest BCUT2D eigenvalue weighted by atomic mass is 16.2. The first-order valence-corrected chi connectivity index (χ1v) is 17.5. The number of Topliss-reactive ketones (excluding diaryl/α,β-unsaturated/α-hetero) is 2. The highest BCUT2D eigenvalue weighted by molar-refractivity contribution is 6.01. The van der Waals surface area contributed by atoms with Crippen molar-refractivity contribution in [2.75, 3.05) is 11.9 Å². The Morgan fingerprint density at radius 2 is 1.57 bits per heavy atom. The van der Waals surface area contributed by atoms with E-state index in [4.69, 9.17) is 0 Å². The number of likely N-dealkylation sites (tertiary alicyclic amines) is 1. The molecule has 1 saturated heterocycles. The van der Waals surface area contributed by atoms with Crippen LogP contribution in [0.3, 0.4) is 0 Å². The third-order valence-electron chi connectivity index (χ3n) is 9.39. The van der Waals surface area contributed by atoms with Gasteiger partial charge in [0.25, 0.3) is 5.91 Å². The summed E-state index contributed by atoms with van der Waals surface area (Å²) in [5, 5.41) is 6.36. The largest absolute Gasteiger partial charge is 0.362 e. The van der Waals surface area contributed by atoms with E-state index < -0.39 is 5.66 Å². The number of amides is 2. The highest BCUT2D eigenvalue weighted by Crippen LogP contribution is 2.31. The van der Waals surface area contributed by atoms with Crippen molar-refractivity contribution in [1.82, 2.24) is 10.2 Å². The molecule has 1 aliphatic heterocycles. The summed E-state index contributed by atoms with van der Waals surface area (Å²) in [6.45, 7) is 9.84. The molecule has 2 N–H and O–H groups in total. The third kappa shape index (κ3) is 10.1. The maximum atomic E-state index is 13.5. The molecule has 0 radical (unpaired) electrons. The van der Waals surface area contributed by atoms with Gasteiger partial charge in [0.05, 0.1) is 0 Å². The molecule has 2 aromatic rings. The van der Waals surface area contributed by atoms with E-state index >= 15 is 0 Å². The number of benzene rings is 2. The van der Waals surface area contributed by atoms with Crippen molar-refractivity contribution in [2.45, 2.75) is 85.2 Å². The van der Waals surface area contributed by atoms with Crippen molar-refractivity contribution < 1.29 is 19.2 Å². The minimum absolute atomic E-state index is 0.00806. The van der Waals surface area contributed by atoms with Crippen LogP contribution in [0.2, 0.25) is 0 Å². The van der Waals surface area contributed by atoms with Crippen LogP contribution in [0.4, 0.5) is 5.69 Å². The molecule has 7 heteroatoms. The number of anilines is 1. The van der Waals surface area contributed by atoms with Gasteiger partial charge in [0, 0.05) is 42.3 Å². The number of nitrogens with one attached hydrogen (secondary N) is 2. The zero-order chi connectivity index (χ0) is 35.4. The smallest absolute Gasteiger partial charge is 0.255 e. The highest BCUT2D eigenvalue weighted by Gasteiger charge is 2.47. The number of unbranched alkanes of at least 4 members (excludes halogenated alkanes) is 1. The van der Waals surface area contributed by atoms with E-state index in [1.165, 1.54) is 0 Å². The van der Waals surface area contributed by atoms with Crippen molar-refractivity contribution in [3.05, 3.63) is 107 Å². The van der Waals surface area contributed by atoms with Crippen LogP contribution < -0.4 is 10.6 Å². The number of rotatable bonds is 15. The molecule has 0 spiro atoms. The lowest BCUT2D eigenvalue weighted by molar-refractivity contribution is -0.141. The molecule has 2 amide bonds. The van der Waals surface area contributed by atoms with E-state index in [0.717, 1.165) is 53.6 Å². The Hall–Kier alpha value is -4.78. The van der Waals surface area contributed by atoms with Gasteiger partial charge >= 0.3 is 0 Å². The van der Waals surface area contributed by atoms with Gasteiger partial charge < -0.3 is 15.5 Å². The molecular formula is C42H51N3O4. The Kier molecular flexibility index (Phi) is 13.3. The van der Waals surface area contributed by atoms with Crippen LogP contribution in [0, 0.1) is 11.8 Å². The molecule has 0 aromatic heterocycles. The Labute approximate surface area is 291 Å². The molecule has 1 fully saturated rings. The predicted octanol–water partition coefficient (Wildman–Crippen LogP) is 8.52. The molecule has 2 aromatic carbocycles. The second kappa shape index (κ2) is 17.6. The first-order chi connectivity index (χ1) is 23.5. The van der Waals surface area contributed by atoms with Crippen LogP contribution in [0.25, 0.3) is 17.7 Å². The second-order valence-electron chi connectivity index (χ2n) is 13.5. The zero-order valence-corrected chi connectivity index (χ0v) is 29.6. The van der Waals surface area contributed by atoms with Crippen molar-refractivity contribution in [1.29, 1.82) is 0 Å². The van der Waals surface area contributed by atoms with Gasteiger partial charge in [-0.15, -0.1) is 0 Å². The number of nitrogens with zero attached hydrogens (tertiary/aromatic N) is 1. The summed E-state index contributed by atoms with van der Waals surface area (Å²) in [5.41, 5.74) is 4.33. The number of hydrogen-bond donors (Lipinski definition) is 2. The van der Waals surface area contributed by atoms with Crippen LogP contribution in [0.15, 0.2) is 90.7 Å². The maximum Gasteiger partial charge on any atom is 0.255 e. The lowest BCUT2D eigenvalue weighted by Gasteiger charge is -2.37. The molecule has 0 unspecified atom stereocenters. The van der Waals surface area contributed by atoms with Gasteiger partial charge in [-0.05, 0) is 86.4 Å². The number of ketones is 2. The number of carbonyl (C=O) groups excluding carboxylic acids is 4. The molecule has 2 aliphatic rings. The number of allylic oxidation sites excluding steroid dienone is 5. The first kappa shape index (κ1) is 37.0. The fourth-order valence-electron chi connectivity index (χ4n) is 6.08. The van der Waals surface area contributed by atoms with Crippen LogP contribution in [0.1, 0.15) is 96.3 Å². The standard InChI is InChI=1S/C42H51N3O4/c1-30(2)39(47)16-11-10-13-31(3)40(48)44-38-25-21-35(22-26-38)18-17-34-19-23-36(24-20-34)32(4)29-43-42(33(5)46)27-12-28-45(42)41(49)37-14-8-6-7-9-15-37/h6-8,14-15,17-26,29-31,43H,9-13,16,27-28H2,1-5H3,(H,44,48)/b18-17+,32-29+/t31-,42-/m0/s1. The summed E-state index contributed by atoms with van der Waals surface area (Å²) in [4.78, 5) is 52.6. The molecular weight excluding hydrogens is 610 g/mol. The topological polar surface area (TPSA) is 95.6 Å². The van der Waals surface area contributed by atoms with Gasteiger partial charge in [0.15, 0.2) is 11.4 Å². The summed E-state index contributed by atoms with van der Waals surface area (Å²) in [6.07, 6.45) is 20.5. The van der Waals surface area contributed by atoms with Gasteiger partial charge in [-0.1, -0.05) is 100 Å². The zero-order valence-electron chi connectivity index (χ0n) is 29.6. The minimum atomic E-state index is -1.07. The molecule has 0 saturated carbocycles. The monoisotopic (exact) mass is 661 g/mol. The summed E-state index contributed by atoms with van der Waals surface area (Å²) >= 11 is 0. The molecule has 1 aliphatic carbocycles. The summed E-state index contributed by atoms with van der Waals surface area (Å²) in [7, 11) is 0. The average Bonchev–Trinajstić information content (AvgIpc) is 3.35. The van der Waals surface area contributed by atoms with E-state index in [0.29, 0.717) is 31.4 Å². The Bertz CT molecular complexity index is 1640. The molecule has 7 nitrogen and oxygen atoms in total. The first-order valence-electron chi connectivity index (χ1n) is 17.5. The van der Waals surface area contributed by atoms with E-state index in [1.54, 1.807) is 11.8 Å². The van der Waals surface area contributed by atoms with Crippen molar-refractivity contribution >= 4 is 46.8 Å². The Balaban J connectivity index is 1.31. The SMILES string of the molecule is CC(=O)[C@]1(N/C=C(\C)c2ccc(/C=C/c3ccc(NC(=O)[C@@H](C)CCCCC(=O)C(C)C)cc3)cc2)CCCN1C(=O)C1=CCC=CC=C1. The fraction of sp³-hybridized carbons (Fsp3) is 0.381. The average molecular weight is 662 g/mol. The quantitative estimate of drug-likeness (QED) is 0.147. The second-order valence-corrected chi connectivity index (χ2v) is 13.5. The molecule has 49 heavy (non-hydrogen) atoms. The van der Waals surface area contributed by atoms with Gasteiger partial charge in [-0.3, -0.25) is 19.2 Å². The predicted molar refractivity (Wildman–Crippen MR) is 200 cm³/mol. The van der Waals surface area contributed by atoms with Gasteiger partial charge in [-0.2, -0.15) is 0 Å². The minimum Gasteiger partial charge on any atom is -0.362 e. The van der Waals surface area contributed by atoms with Crippen molar-refractivity contribution in [3.8, 4) is 0 Å². The Morgan fingerprint density at radius 3 is 2.22 bits per heavy atom. The van der Waals surface area contributed by atoms with Crippen LogP contribution >= 0.6 is 0 Å². The van der Waals surface area contributed by atoms with Crippen molar-refractivity contribution in [3.63, 3.8) is 0 Å². The van der Waals surface area contributed by atoms with E-state index in [9.17, 15) is 19.2 Å². The van der Waals surface area contributed by atoms with Gasteiger partial charge in [0.1, 0.15) is 5.78 Å². The third-order valence-corrected chi connectivity index (χ3v) is 9.39. The van der Waals surface area contributed by atoms with Crippen LogP contribution in [0.5, 0.6) is 0 Å². The van der Waals surface area contributed by atoms with E-state index in [1.807, 2.05) is 125 Å². The Morgan fingerprint density at radius 1 is 0.898 bits per heavy atom. The summed E-state index contributed by atoms with van der Waals surface area (Å²) in [5.74, 6) is 0.0205. The fourth-order valence-corrected chi connectivity index (χ4v) is 6.08. The summed E-state index contributed by atoms with van der Waals surface area (Å²) in [6, 6.07) is 15.9. The van der Waals surface area contributed by atoms with Gasteiger partial charge in [-0.25, -0.2) is 0 Å². The van der Waals surface area contributed by atoms with Crippen LogP contribution in [-0.2, 0) is 19.2 Å².